The monoisotopic (exact) mass is 668 g/mol. The summed E-state index contributed by atoms with van der Waals surface area (Å²) >= 11 is 0. The van der Waals surface area contributed by atoms with E-state index in [9.17, 15) is 24.9 Å². The summed E-state index contributed by atoms with van der Waals surface area (Å²) in [5.41, 5.74) is 1.91. The minimum Gasteiger partial charge on any atom is -0.493 e. The molecule has 9 heteroatoms. The Labute approximate surface area is 287 Å². The molecule has 3 fully saturated rings. The second kappa shape index (κ2) is 16.4. The van der Waals surface area contributed by atoms with Gasteiger partial charge in [-0.1, -0.05) is 72.1 Å². The van der Waals surface area contributed by atoms with Gasteiger partial charge in [0.05, 0.1) is 32.3 Å². The molecular weight excluding hydrogens is 608 g/mol. The fourth-order valence-electron chi connectivity index (χ4n) is 9.17. The van der Waals surface area contributed by atoms with Gasteiger partial charge in [0.1, 0.15) is 12.2 Å². The van der Waals surface area contributed by atoms with E-state index >= 15 is 0 Å². The largest absolute Gasteiger partial charge is 0.493 e. The van der Waals surface area contributed by atoms with Crippen molar-refractivity contribution in [1.82, 2.24) is 10.2 Å². The number of methoxy groups -OCH3 is 1. The molecule has 268 valence electrons. The summed E-state index contributed by atoms with van der Waals surface area (Å²) in [6, 6.07) is 2.75. The van der Waals surface area contributed by atoms with Crippen LogP contribution in [0.15, 0.2) is 23.8 Å². The van der Waals surface area contributed by atoms with Gasteiger partial charge in [-0.2, -0.15) is 0 Å². The lowest BCUT2D eigenvalue weighted by molar-refractivity contribution is -0.146. The van der Waals surface area contributed by atoms with Gasteiger partial charge in [-0.3, -0.25) is 9.59 Å². The molecule has 2 amide bonds. The Hall–Kier alpha value is -2.62. The number of unbranched alkanes of at least 4 members (excludes halogenated alkanes) is 8. The topological polar surface area (TPSA) is 129 Å². The maximum atomic E-state index is 14.3. The summed E-state index contributed by atoms with van der Waals surface area (Å²) in [7, 11) is 1.52. The molecule has 0 radical (unpaired) electrons. The second-order valence-electron chi connectivity index (χ2n) is 15.3. The van der Waals surface area contributed by atoms with Crippen LogP contribution in [0.25, 0.3) is 0 Å². The standard InChI is InChI=1S/C39H60N2O7/c1-5-6-7-8-9-10-11-12-13-14-33(44)41(23-26-15-16-27-21-30(26)39(27,2)3)31-22-29(38(46)40-17-18-42)34-28-19-25(24-43)20-32(47-4)36(28)48-37(34)35(31)45/h19-20,22,26-27,30-31,34-35,37,42-43,45H,5-18,21,23-24H2,1-4H3,(H,40,46). The fourth-order valence-corrected chi connectivity index (χ4v) is 9.17. The first-order valence-corrected chi connectivity index (χ1v) is 18.7. The molecule has 7 unspecified atom stereocenters. The molecule has 1 aliphatic heterocycles. The van der Waals surface area contributed by atoms with Crippen LogP contribution in [0, 0.1) is 23.2 Å². The number of hydrogen-bond donors (Lipinski definition) is 4. The van der Waals surface area contributed by atoms with Crippen LogP contribution < -0.4 is 14.8 Å². The van der Waals surface area contributed by atoms with Gasteiger partial charge in [-0.15, -0.1) is 0 Å². The predicted octanol–water partition coefficient (Wildman–Crippen LogP) is 5.63. The van der Waals surface area contributed by atoms with Gasteiger partial charge >= 0.3 is 0 Å². The number of nitrogens with zero attached hydrogens (tertiary/aromatic N) is 1. The molecule has 0 saturated heterocycles. The van der Waals surface area contributed by atoms with Crippen molar-refractivity contribution in [3.8, 4) is 11.5 Å². The summed E-state index contributed by atoms with van der Waals surface area (Å²) in [5.74, 6) is 1.47. The van der Waals surface area contributed by atoms with E-state index in [2.05, 4.69) is 26.1 Å². The number of amides is 2. The van der Waals surface area contributed by atoms with Crippen molar-refractivity contribution in [1.29, 1.82) is 0 Å². The normalized spacial score (nSPS) is 28.0. The first-order valence-electron chi connectivity index (χ1n) is 18.7. The molecular formula is C39H60N2O7. The van der Waals surface area contributed by atoms with Gasteiger partial charge in [0.2, 0.25) is 11.8 Å². The molecule has 48 heavy (non-hydrogen) atoms. The van der Waals surface area contributed by atoms with Crippen LogP contribution in [-0.4, -0.2) is 77.1 Å². The molecule has 3 saturated carbocycles. The minimum absolute atomic E-state index is 0.0155. The zero-order valence-corrected chi connectivity index (χ0v) is 29.7. The molecule has 7 atom stereocenters. The smallest absolute Gasteiger partial charge is 0.247 e. The Morgan fingerprint density at radius 1 is 1.04 bits per heavy atom. The molecule has 5 aliphatic rings. The van der Waals surface area contributed by atoms with Crippen molar-refractivity contribution < 1.29 is 34.4 Å². The molecule has 6 rings (SSSR count). The molecule has 1 aromatic rings. The molecule has 2 bridgehead atoms. The molecule has 4 N–H and O–H groups in total. The van der Waals surface area contributed by atoms with Crippen molar-refractivity contribution in [2.45, 2.75) is 135 Å². The Morgan fingerprint density at radius 2 is 1.75 bits per heavy atom. The van der Waals surface area contributed by atoms with Crippen molar-refractivity contribution in [2.24, 2.45) is 23.2 Å². The molecule has 1 heterocycles. The Bertz CT molecular complexity index is 1290. The van der Waals surface area contributed by atoms with Gasteiger partial charge in [-0.25, -0.2) is 0 Å². The average molecular weight is 669 g/mol. The van der Waals surface area contributed by atoms with Crippen molar-refractivity contribution in [3.63, 3.8) is 0 Å². The highest BCUT2D eigenvalue weighted by Gasteiger charge is 2.56. The van der Waals surface area contributed by atoms with E-state index < -0.39 is 24.2 Å². The van der Waals surface area contributed by atoms with Crippen LogP contribution in [0.3, 0.4) is 0 Å². The molecule has 9 nitrogen and oxygen atoms in total. The highest BCUT2D eigenvalue weighted by atomic mass is 16.5. The number of fused-ring (bicyclic) bond motifs is 5. The minimum atomic E-state index is -1.09. The zero-order valence-electron chi connectivity index (χ0n) is 29.7. The number of aliphatic hydroxyl groups excluding tert-OH is 3. The van der Waals surface area contributed by atoms with Crippen LogP contribution >= 0.6 is 0 Å². The average Bonchev–Trinajstić information content (AvgIpc) is 3.48. The van der Waals surface area contributed by atoms with Crippen LogP contribution in [0.4, 0.5) is 0 Å². The van der Waals surface area contributed by atoms with Crippen LogP contribution in [-0.2, 0) is 16.2 Å². The summed E-state index contributed by atoms with van der Waals surface area (Å²) in [6.45, 7) is 7.14. The Morgan fingerprint density at radius 3 is 2.38 bits per heavy atom. The summed E-state index contributed by atoms with van der Waals surface area (Å²) < 4.78 is 12.0. The number of benzene rings is 1. The third-order valence-electron chi connectivity index (χ3n) is 12.1. The summed E-state index contributed by atoms with van der Waals surface area (Å²) in [4.78, 5) is 29.9. The number of carbonyl (C=O) groups is 2. The number of aliphatic hydroxyl groups is 3. The summed E-state index contributed by atoms with van der Waals surface area (Å²) in [5, 5.41) is 34.4. The second-order valence-corrected chi connectivity index (χ2v) is 15.3. The quantitative estimate of drug-likeness (QED) is 0.149. The number of rotatable bonds is 18. The molecule has 4 aliphatic carbocycles. The fraction of sp³-hybridized carbons (Fsp3) is 0.744. The van der Waals surface area contributed by atoms with Crippen LogP contribution in [0.1, 0.15) is 121 Å². The van der Waals surface area contributed by atoms with Crippen LogP contribution in [0.5, 0.6) is 11.5 Å². The van der Waals surface area contributed by atoms with Gasteiger partial charge in [0.15, 0.2) is 11.5 Å². The third-order valence-corrected chi connectivity index (χ3v) is 12.1. The maximum Gasteiger partial charge on any atom is 0.247 e. The SMILES string of the molecule is CCCCCCCCCCCC(=O)N(CC1CCC2CC1C2(C)C)C1C=C(C(=O)NCCO)C2c3cc(CO)cc(OC)c3OC2C1O. The Balaban J connectivity index is 1.41. The number of hydrogen-bond acceptors (Lipinski definition) is 7. The van der Waals surface area contributed by atoms with E-state index in [1.54, 1.807) is 18.2 Å². The molecule has 0 aromatic heterocycles. The number of ether oxygens (including phenoxy) is 2. The van der Waals surface area contributed by atoms with Crippen molar-refractivity contribution in [2.75, 3.05) is 26.8 Å². The van der Waals surface area contributed by atoms with E-state index in [1.165, 1.54) is 52.1 Å². The highest BCUT2D eigenvalue weighted by Crippen LogP contribution is 2.61. The van der Waals surface area contributed by atoms with E-state index in [4.69, 9.17) is 9.47 Å². The van der Waals surface area contributed by atoms with E-state index in [0.717, 1.165) is 38.0 Å². The van der Waals surface area contributed by atoms with Crippen molar-refractivity contribution >= 4 is 11.8 Å². The number of carbonyl (C=O) groups excluding carboxylic acids is 2. The van der Waals surface area contributed by atoms with Gasteiger partial charge < -0.3 is 35.0 Å². The van der Waals surface area contributed by atoms with E-state index in [1.807, 2.05) is 4.90 Å². The van der Waals surface area contributed by atoms with Gasteiger partial charge in [0, 0.05) is 30.6 Å². The van der Waals surface area contributed by atoms with Crippen molar-refractivity contribution in [3.05, 3.63) is 34.9 Å². The maximum absolute atomic E-state index is 14.3. The van der Waals surface area contributed by atoms with E-state index in [0.29, 0.717) is 53.0 Å². The highest BCUT2D eigenvalue weighted by molar-refractivity contribution is 5.96. The third kappa shape index (κ3) is 7.58. The molecule has 0 spiro atoms. The van der Waals surface area contributed by atoms with Gasteiger partial charge in [0.25, 0.3) is 0 Å². The first kappa shape index (κ1) is 36.7. The predicted molar refractivity (Wildman–Crippen MR) is 186 cm³/mol. The molecule has 1 aromatic carbocycles. The van der Waals surface area contributed by atoms with Gasteiger partial charge in [-0.05, 0) is 72.6 Å². The Kier molecular flexibility index (Phi) is 12.5. The first-order chi connectivity index (χ1) is 23.2. The number of nitrogens with one attached hydrogen (secondary N) is 1. The lowest BCUT2D eigenvalue weighted by Gasteiger charge is -2.61. The van der Waals surface area contributed by atoms with Crippen LogP contribution in [0.2, 0.25) is 0 Å². The zero-order chi connectivity index (χ0) is 34.4. The lowest BCUT2D eigenvalue weighted by Crippen LogP contribution is -2.59. The van der Waals surface area contributed by atoms with E-state index in [-0.39, 0.29) is 37.0 Å². The summed E-state index contributed by atoms with van der Waals surface area (Å²) in [6.07, 6.45) is 14.2. The lowest BCUT2D eigenvalue weighted by atomic mass is 9.45.